The molecule has 64 valence electrons. The van der Waals surface area contributed by atoms with E-state index in [1.165, 1.54) is 0 Å². The zero-order chi connectivity index (χ0) is 8.60. The molecule has 1 N–H and O–H groups in total. The first-order valence-electron chi connectivity index (χ1n) is 4.01. The lowest BCUT2D eigenvalue weighted by molar-refractivity contribution is 0.150. The summed E-state index contributed by atoms with van der Waals surface area (Å²) in [4.78, 5) is 4.10. The summed E-state index contributed by atoms with van der Waals surface area (Å²) in [5.74, 6) is 0. The minimum Gasteiger partial charge on any atom is -0.390 e. The Balaban J connectivity index is 2.17. The molecule has 2 nitrogen and oxygen atoms in total. The van der Waals surface area contributed by atoms with E-state index in [-0.39, 0.29) is 0 Å². The summed E-state index contributed by atoms with van der Waals surface area (Å²) in [7, 11) is 0. The van der Waals surface area contributed by atoms with Crippen LogP contribution in [0.1, 0.15) is 18.4 Å². The lowest BCUT2D eigenvalue weighted by atomic mass is 10.1. The molecule has 1 aliphatic carbocycles. The topological polar surface area (TPSA) is 33.1 Å². The van der Waals surface area contributed by atoms with Crippen LogP contribution in [0, 0.1) is 0 Å². The van der Waals surface area contributed by atoms with Crippen LogP contribution in [0.4, 0.5) is 0 Å². The van der Waals surface area contributed by atoms with Crippen LogP contribution in [0.15, 0.2) is 22.9 Å². The Kier molecular flexibility index (Phi) is 1.93. The van der Waals surface area contributed by atoms with Gasteiger partial charge in [-0.3, -0.25) is 0 Å². The fourth-order valence-electron chi connectivity index (χ4n) is 1.23. The highest BCUT2D eigenvalue weighted by Crippen LogP contribution is 2.39. The maximum Gasteiger partial charge on any atom is 0.109 e. The number of nitrogens with zero attached hydrogens (tertiary/aromatic N) is 1. The van der Waals surface area contributed by atoms with Crippen LogP contribution in [0.3, 0.4) is 0 Å². The largest absolute Gasteiger partial charge is 0.390 e. The molecule has 0 aromatic carbocycles. The molecule has 1 heterocycles. The van der Waals surface area contributed by atoms with Gasteiger partial charge in [0.25, 0.3) is 0 Å². The van der Waals surface area contributed by atoms with Gasteiger partial charge in [-0.1, -0.05) is 6.07 Å². The maximum atomic E-state index is 9.66. The maximum absolute atomic E-state index is 9.66. The van der Waals surface area contributed by atoms with Gasteiger partial charge >= 0.3 is 0 Å². The first-order valence-corrected chi connectivity index (χ1v) is 4.81. The van der Waals surface area contributed by atoms with E-state index < -0.39 is 5.60 Å². The summed E-state index contributed by atoms with van der Waals surface area (Å²) < 4.78 is 0.852. The molecular formula is C9H10BrNO. The third-order valence-electron chi connectivity index (χ3n) is 2.18. The van der Waals surface area contributed by atoms with E-state index in [2.05, 4.69) is 20.9 Å². The highest BCUT2D eigenvalue weighted by Gasteiger charge is 2.40. The van der Waals surface area contributed by atoms with Gasteiger partial charge in [0.15, 0.2) is 0 Å². The van der Waals surface area contributed by atoms with E-state index in [0.717, 1.165) is 29.4 Å². The molecule has 0 aliphatic heterocycles. The molecule has 0 saturated heterocycles. The van der Waals surface area contributed by atoms with E-state index in [1.54, 1.807) is 6.20 Å². The molecule has 2 rings (SSSR count). The first-order chi connectivity index (χ1) is 5.70. The molecule has 3 heteroatoms. The fraction of sp³-hybridized carbons (Fsp3) is 0.444. The second kappa shape index (κ2) is 2.82. The van der Waals surface area contributed by atoms with Crippen molar-refractivity contribution in [1.82, 2.24) is 4.98 Å². The lowest BCUT2D eigenvalue weighted by Crippen LogP contribution is -2.11. The van der Waals surface area contributed by atoms with Gasteiger partial charge in [0.1, 0.15) is 4.60 Å². The van der Waals surface area contributed by atoms with Crippen molar-refractivity contribution in [2.45, 2.75) is 24.9 Å². The molecular weight excluding hydrogens is 218 g/mol. The van der Waals surface area contributed by atoms with Crippen molar-refractivity contribution < 1.29 is 5.11 Å². The minimum atomic E-state index is -0.425. The monoisotopic (exact) mass is 227 g/mol. The van der Waals surface area contributed by atoms with E-state index in [9.17, 15) is 5.11 Å². The Hall–Kier alpha value is -0.410. The highest BCUT2D eigenvalue weighted by atomic mass is 79.9. The van der Waals surface area contributed by atoms with Gasteiger partial charge in [0.05, 0.1) is 5.60 Å². The molecule has 1 saturated carbocycles. The van der Waals surface area contributed by atoms with E-state index in [4.69, 9.17) is 0 Å². The Labute approximate surface area is 79.8 Å². The normalized spacial score (nSPS) is 19.2. The van der Waals surface area contributed by atoms with Crippen molar-refractivity contribution in [3.8, 4) is 0 Å². The third-order valence-corrected chi connectivity index (χ3v) is 2.90. The first kappa shape index (κ1) is 8.20. The van der Waals surface area contributed by atoms with Gasteiger partial charge in [0, 0.05) is 12.6 Å². The Bertz CT molecular complexity index is 296. The van der Waals surface area contributed by atoms with Crippen LogP contribution in [0.5, 0.6) is 0 Å². The molecule has 0 spiro atoms. The Morgan fingerprint density at radius 3 is 2.92 bits per heavy atom. The van der Waals surface area contributed by atoms with E-state index in [0.29, 0.717) is 0 Å². The van der Waals surface area contributed by atoms with Crippen molar-refractivity contribution in [3.63, 3.8) is 0 Å². The summed E-state index contributed by atoms with van der Waals surface area (Å²) in [6.45, 7) is 0. The molecule has 1 fully saturated rings. The summed E-state index contributed by atoms with van der Waals surface area (Å²) in [5, 5.41) is 9.66. The van der Waals surface area contributed by atoms with Gasteiger partial charge in [-0.2, -0.15) is 0 Å². The van der Waals surface area contributed by atoms with Crippen LogP contribution in [0.25, 0.3) is 0 Å². The molecule has 0 atom stereocenters. The SMILES string of the molecule is OC1(Cc2cccnc2Br)CC1. The van der Waals surface area contributed by atoms with Crippen molar-refractivity contribution in [3.05, 3.63) is 28.5 Å². The summed E-state index contributed by atoms with van der Waals surface area (Å²) >= 11 is 3.35. The number of halogens is 1. The molecule has 1 aromatic rings. The van der Waals surface area contributed by atoms with Gasteiger partial charge in [-0.25, -0.2) is 4.98 Å². The van der Waals surface area contributed by atoms with Crippen LogP contribution in [-0.2, 0) is 6.42 Å². The van der Waals surface area contributed by atoms with Crippen LogP contribution in [0.2, 0.25) is 0 Å². The van der Waals surface area contributed by atoms with Crippen molar-refractivity contribution >= 4 is 15.9 Å². The van der Waals surface area contributed by atoms with Gasteiger partial charge < -0.3 is 5.11 Å². The summed E-state index contributed by atoms with van der Waals surface area (Å²) in [6, 6.07) is 3.89. The van der Waals surface area contributed by atoms with Crippen LogP contribution < -0.4 is 0 Å². The minimum absolute atomic E-state index is 0.425. The van der Waals surface area contributed by atoms with Crippen LogP contribution >= 0.6 is 15.9 Å². The number of rotatable bonds is 2. The quantitative estimate of drug-likeness (QED) is 0.784. The van der Waals surface area contributed by atoms with E-state index in [1.807, 2.05) is 12.1 Å². The fourth-order valence-corrected chi connectivity index (χ4v) is 1.62. The third kappa shape index (κ3) is 1.67. The molecule has 1 aromatic heterocycles. The molecule has 0 bridgehead atoms. The average Bonchev–Trinajstić information content (AvgIpc) is 2.74. The second-order valence-electron chi connectivity index (χ2n) is 3.35. The van der Waals surface area contributed by atoms with Gasteiger partial charge in [-0.05, 0) is 40.4 Å². The van der Waals surface area contributed by atoms with Crippen molar-refractivity contribution in [2.75, 3.05) is 0 Å². The number of pyridine rings is 1. The van der Waals surface area contributed by atoms with Crippen LogP contribution in [-0.4, -0.2) is 15.7 Å². The number of hydrogen-bond acceptors (Lipinski definition) is 2. The number of hydrogen-bond donors (Lipinski definition) is 1. The zero-order valence-corrected chi connectivity index (χ0v) is 8.21. The molecule has 0 radical (unpaired) electrons. The number of aliphatic hydroxyl groups is 1. The van der Waals surface area contributed by atoms with Gasteiger partial charge in [0.2, 0.25) is 0 Å². The molecule has 12 heavy (non-hydrogen) atoms. The van der Waals surface area contributed by atoms with Crippen molar-refractivity contribution in [1.29, 1.82) is 0 Å². The van der Waals surface area contributed by atoms with Gasteiger partial charge in [-0.15, -0.1) is 0 Å². The van der Waals surface area contributed by atoms with E-state index >= 15 is 0 Å². The smallest absolute Gasteiger partial charge is 0.109 e. The summed E-state index contributed by atoms with van der Waals surface area (Å²) in [5.41, 5.74) is 0.670. The standard InChI is InChI=1S/C9H10BrNO/c10-8-7(2-1-5-11-8)6-9(12)3-4-9/h1-2,5,12H,3-4,6H2. The highest BCUT2D eigenvalue weighted by molar-refractivity contribution is 9.10. The molecule has 0 unspecified atom stereocenters. The zero-order valence-electron chi connectivity index (χ0n) is 6.63. The lowest BCUT2D eigenvalue weighted by Gasteiger charge is -2.07. The predicted molar refractivity (Wildman–Crippen MR) is 49.8 cm³/mol. The van der Waals surface area contributed by atoms with Crippen molar-refractivity contribution in [2.24, 2.45) is 0 Å². The summed E-state index contributed by atoms with van der Waals surface area (Å²) in [6.07, 6.45) is 4.31. The Morgan fingerprint density at radius 2 is 2.33 bits per heavy atom. The number of aromatic nitrogens is 1. The second-order valence-corrected chi connectivity index (χ2v) is 4.11. The predicted octanol–water partition coefficient (Wildman–Crippen LogP) is 1.91. The molecule has 0 amide bonds. The average molecular weight is 228 g/mol. The Morgan fingerprint density at radius 1 is 1.58 bits per heavy atom. The molecule has 1 aliphatic rings.